The summed E-state index contributed by atoms with van der Waals surface area (Å²) in [4.78, 5) is 63.8. The predicted molar refractivity (Wildman–Crippen MR) is 220 cm³/mol. The van der Waals surface area contributed by atoms with Gasteiger partial charge in [-0.25, -0.2) is 17.2 Å². The Hall–Kier alpha value is -4.14. The maximum Gasteiger partial charge on any atom is 0.307 e. The number of halogens is 2. The number of sulfonamides is 1. The lowest BCUT2D eigenvalue weighted by atomic mass is 9.79. The van der Waals surface area contributed by atoms with E-state index in [2.05, 4.69) is 11.6 Å². The largest absolute Gasteiger partial charge is 0.477 e. The second-order valence-electron chi connectivity index (χ2n) is 18.9. The van der Waals surface area contributed by atoms with E-state index in [0.717, 1.165) is 49.4 Å². The number of aromatic nitrogens is 1. The molecule has 2 saturated carbocycles. The van der Waals surface area contributed by atoms with Crippen molar-refractivity contribution in [3.8, 4) is 11.8 Å². The number of alkyl halides is 2. The first kappa shape index (κ1) is 43.9. The number of aryl methyl sites for hydroxylation is 1. The SMILES string of the molecule is CC[C@@H]1C[C@H](C)CC/C=C\[C@@H]2C[C@@]2(C(=O)NS(=O)(=O)C2(C)CC2)CC(=O)[C@@H]2C[C@@H](Oc3nc4c(c5ccccc35)CCCO4)CN2C(=O)[C@H]1CC(=O)OC(C)(C)C(C)(F)F. The van der Waals surface area contributed by atoms with Crippen molar-refractivity contribution in [2.24, 2.45) is 29.1 Å². The first-order valence-corrected chi connectivity index (χ1v) is 23.0. The lowest BCUT2D eigenvalue weighted by Crippen LogP contribution is -2.49. The minimum absolute atomic E-state index is 0.0343. The third-order valence-electron chi connectivity index (χ3n) is 14.0. The van der Waals surface area contributed by atoms with Gasteiger partial charge in [-0.05, 0) is 101 Å². The van der Waals surface area contributed by atoms with E-state index in [9.17, 15) is 31.6 Å². The first-order valence-electron chi connectivity index (χ1n) is 21.6. The molecule has 0 bridgehead atoms. The number of amides is 2. The Morgan fingerprint density at radius 3 is 2.50 bits per heavy atom. The number of carbonyl (C=O) groups is 4. The highest BCUT2D eigenvalue weighted by Crippen LogP contribution is 2.58. The van der Waals surface area contributed by atoms with Crippen molar-refractivity contribution in [1.82, 2.24) is 14.6 Å². The molecule has 2 amide bonds. The molecule has 15 heteroatoms. The Balaban J connectivity index is 1.25. The zero-order valence-electron chi connectivity index (χ0n) is 35.6. The van der Waals surface area contributed by atoms with Crippen LogP contribution in [0, 0.1) is 29.1 Å². The molecule has 2 aromatic rings. The fourth-order valence-electron chi connectivity index (χ4n) is 9.23. The van der Waals surface area contributed by atoms with Gasteiger partial charge in [-0.15, -0.1) is 0 Å². The lowest BCUT2D eigenvalue weighted by Gasteiger charge is -2.35. The van der Waals surface area contributed by atoms with Gasteiger partial charge in [-0.3, -0.25) is 23.9 Å². The molecule has 3 fully saturated rings. The molecule has 7 atom stereocenters. The Bertz CT molecular complexity index is 2170. The second kappa shape index (κ2) is 16.3. The van der Waals surface area contributed by atoms with E-state index in [0.29, 0.717) is 51.5 Å². The van der Waals surface area contributed by atoms with Crippen molar-refractivity contribution >= 4 is 44.4 Å². The molecule has 0 unspecified atom stereocenters. The molecule has 4 heterocycles. The van der Waals surface area contributed by atoms with Crippen LogP contribution in [-0.2, 0) is 40.4 Å². The number of benzene rings is 1. The number of rotatable bonds is 10. The summed E-state index contributed by atoms with van der Waals surface area (Å²) in [5, 5.41) is 1.67. The number of allylic oxidation sites excluding steroid dienone is 2. The zero-order chi connectivity index (χ0) is 43.4. The molecule has 1 aromatic carbocycles. The van der Waals surface area contributed by atoms with Crippen LogP contribution in [-0.4, -0.2) is 83.4 Å². The summed E-state index contributed by atoms with van der Waals surface area (Å²) in [7, 11) is -4.01. The van der Waals surface area contributed by atoms with Crippen molar-refractivity contribution in [2.45, 2.75) is 147 Å². The smallest absolute Gasteiger partial charge is 0.307 e. The third kappa shape index (κ3) is 8.66. The van der Waals surface area contributed by atoms with Gasteiger partial charge in [0.15, 0.2) is 11.4 Å². The summed E-state index contributed by atoms with van der Waals surface area (Å²) >= 11 is 0. The standard InChI is InChI=1S/C45H59F2N3O9S/c1-7-28-21-27(2)13-8-9-14-29-24-45(29,41(54)49-60(55,56)43(5)18-19-43)25-36(51)35-22-30(26-50(35)40(53)34(28)23-37(52)59-42(3,4)44(6,46)47)58-39-33-16-11-10-15-31(33)32-17-12-20-57-38(32)48-39/h9-11,14-16,27-30,34-35H,7-8,12-13,17-26H2,1-6H3,(H,49,54)/b14-9-/t27-,28-,29-,30-,34+,35+,45-/m1/s1. The topological polar surface area (TPSA) is 158 Å². The number of fused-ring (bicyclic) bond motifs is 5. The van der Waals surface area contributed by atoms with Gasteiger partial charge in [-0.1, -0.05) is 50.6 Å². The van der Waals surface area contributed by atoms with Crippen molar-refractivity contribution < 1.29 is 50.6 Å². The van der Waals surface area contributed by atoms with Crippen LogP contribution >= 0.6 is 0 Å². The van der Waals surface area contributed by atoms with Gasteiger partial charge in [0.2, 0.25) is 33.6 Å². The average Bonchev–Trinajstić information content (AvgIpc) is 4.07. The number of ether oxygens (including phenoxy) is 3. The Kier molecular flexibility index (Phi) is 11.9. The number of hydrogen-bond acceptors (Lipinski definition) is 10. The van der Waals surface area contributed by atoms with E-state index >= 15 is 4.79 Å². The fourth-order valence-corrected chi connectivity index (χ4v) is 10.6. The molecule has 1 N–H and O–H groups in total. The van der Waals surface area contributed by atoms with Crippen LogP contribution < -0.4 is 14.2 Å². The first-order chi connectivity index (χ1) is 28.2. The zero-order valence-corrected chi connectivity index (χ0v) is 36.4. The number of Topliss-reactive ketones (excluding diaryl/α,β-unsaturated/α-hetero) is 1. The summed E-state index contributed by atoms with van der Waals surface area (Å²) in [5.74, 6) is -6.94. The summed E-state index contributed by atoms with van der Waals surface area (Å²) in [6.45, 7) is 8.93. The minimum atomic E-state index is -4.01. The Morgan fingerprint density at radius 2 is 1.82 bits per heavy atom. The van der Waals surface area contributed by atoms with Gasteiger partial charge < -0.3 is 19.1 Å². The summed E-state index contributed by atoms with van der Waals surface area (Å²) in [5.41, 5.74) is -2.51. The van der Waals surface area contributed by atoms with E-state index in [-0.39, 0.29) is 43.5 Å². The quantitative estimate of drug-likeness (QED) is 0.191. The predicted octanol–water partition coefficient (Wildman–Crippen LogP) is 7.26. The monoisotopic (exact) mass is 855 g/mol. The molecule has 60 heavy (non-hydrogen) atoms. The van der Waals surface area contributed by atoms with Crippen LogP contribution in [0.1, 0.15) is 118 Å². The summed E-state index contributed by atoms with van der Waals surface area (Å²) in [6.07, 6.45) is 7.50. The van der Waals surface area contributed by atoms with Crippen LogP contribution in [0.5, 0.6) is 11.8 Å². The van der Waals surface area contributed by atoms with Crippen molar-refractivity contribution in [1.29, 1.82) is 0 Å². The molecular weight excluding hydrogens is 797 g/mol. The molecule has 5 aliphatic rings. The van der Waals surface area contributed by atoms with Gasteiger partial charge >= 0.3 is 5.97 Å². The molecule has 328 valence electrons. The number of ketones is 1. The number of esters is 1. The molecule has 1 aromatic heterocycles. The molecule has 0 radical (unpaired) electrons. The number of carbonyl (C=O) groups excluding carboxylic acids is 4. The van der Waals surface area contributed by atoms with Crippen LogP contribution in [0.25, 0.3) is 10.8 Å². The molecular formula is C45H59F2N3O9S. The molecule has 7 rings (SSSR count). The van der Waals surface area contributed by atoms with Gasteiger partial charge in [0, 0.05) is 30.7 Å². The normalized spacial score (nSPS) is 30.1. The number of nitrogens with one attached hydrogen (secondary N) is 1. The minimum Gasteiger partial charge on any atom is -0.477 e. The highest BCUT2D eigenvalue weighted by Gasteiger charge is 2.63. The second-order valence-corrected chi connectivity index (χ2v) is 21.1. The number of pyridine rings is 1. The summed E-state index contributed by atoms with van der Waals surface area (Å²) in [6, 6.07) is 6.56. The Morgan fingerprint density at radius 1 is 1.10 bits per heavy atom. The fraction of sp³-hybridized carbons (Fsp3) is 0.667. The van der Waals surface area contributed by atoms with Crippen molar-refractivity contribution in [2.75, 3.05) is 13.2 Å². The van der Waals surface area contributed by atoms with Crippen molar-refractivity contribution in [3.63, 3.8) is 0 Å². The maximum absolute atomic E-state index is 15.2. The molecule has 3 aliphatic heterocycles. The van der Waals surface area contributed by atoms with E-state index < -0.39 is 85.7 Å². The van der Waals surface area contributed by atoms with Gasteiger partial charge in [0.1, 0.15) is 6.10 Å². The highest BCUT2D eigenvalue weighted by atomic mass is 32.2. The van der Waals surface area contributed by atoms with Crippen LogP contribution in [0.15, 0.2) is 36.4 Å². The number of nitrogens with zero attached hydrogens (tertiary/aromatic N) is 2. The van der Waals surface area contributed by atoms with Crippen LogP contribution in [0.2, 0.25) is 0 Å². The van der Waals surface area contributed by atoms with Gasteiger partial charge in [-0.2, -0.15) is 4.98 Å². The van der Waals surface area contributed by atoms with E-state index in [4.69, 9.17) is 19.2 Å². The van der Waals surface area contributed by atoms with Crippen LogP contribution in [0.4, 0.5) is 8.78 Å². The van der Waals surface area contributed by atoms with E-state index in [1.165, 1.54) is 4.90 Å². The Labute approximate surface area is 351 Å². The number of hydrogen-bond donors (Lipinski definition) is 1. The van der Waals surface area contributed by atoms with E-state index in [1.807, 2.05) is 43.3 Å². The average molecular weight is 856 g/mol. The third-order valence-corrected chi connectivity index (χ3v) is 16.1. The summed E-state index contributed by atoms with van der Waals surface area (Å²) < 4.78 is 74.9. The van der Waals surface area contributed by atoms with Crippen molar-refractivity contribution in [3.05, 3.63) is 42.0 Å². The maximum atomic E-state index is 15.2. The van der Waals surface area contributed by atoms with Gasteiger partial charge in [0.25, 0.3) is 5.92 Å². The highest BCUT2D eigenvalue weighted by molar-refractivity contribution is 7.91. The van der Waals surface area contributed by atoms with Crippen LogP contribution in [0.3, 0.4) is 0 Å². The molecule has 0 spiro atoms. The molecule has 2 aliphatic carbocycles. The van der Waals surface area contributed by atoms with E-state index in [1.54, 1.807) is 6.92 Å². The molecule has 12 nitrogen and oxygen atoms in total. The van der Waals surface area contributed by atoms with Gasteiger partial charge in [0.05, 0.1) is 41.7 Å². The molecule has 1 saturated heterocycles. The lowest BCUT2D eigenvalue weighted by molar-refractivity contribution is -0.197.